The first-order valence-electron chi connectivity index (χ1n) is 6.66. The van der Waals surface area contributed by atoms with Crippen molar-refractivity contribution in [1.29, 1.82) is 0 Å². The predicted octanol–water partition coefficient (Wildman–Crippen LogP) is 2.28. The van der Waals surface area contributed by atoms with Crippen LogP contribution < -0.4 is 0 Å². The van der Waals surface area contributed by atoms with Gasteiger partial charge in [-0.15, -0.1) is 0 Å². The number of unbranched alkanes of at least 4 members (excludes halogenated alkanes) is 1. The zero-order chi connectivity index (χ0) is 15.3. The first kappa shape index (κ1) is 16.3. The molecule has 0 aliphatic carbocycles. The standard InChI is InChI=1S/C15H22O5/c1-4-5-6-13(14(18)20-3)15(2,19)10-7-11(16)9-12(17)8-10/h7-9,13,16-17,19H,4-6H2,1-3H3. The molecule has 0 heterocycles. The number of phenolic OH excluding ortho intramolecular Hbond substituents is 2. The van der Waals surface area contributed by atoms with Gasteiger partial charge in [-0.1, -0.05) is 19.8 Å². The van der Waals surface area contributed by atoms with Crippen molar-refractivity contribution < 1.29 is 24.9 Å². The molecular formula is C15H22O5. The van der Waals surface area contributed by atoms with E-state index in [4.69, 9.17) is 4.74 Å². The van der Waals surface area contributed by atoms with E-state index < -0.39 is 17.5 Å². The molecule has 0 aromatic heterocycles. The molecule has 0 aliphatic heterocycles. The highest BCUT2D eigenvalue weighted by atomic mass is 16.5. The van der Waals surface area contributed by atoms with E-state index in [0.717, 1.165) is 12.8 Å². The minimum Gasteiger partial charge on any atom is -0.508 e. The van der Waals surface area contributed by atoms with Crippen molar-refractivity contribution in [3.8, 4) is 11.5 Å². The van der Waals surface area contributed by atoms with Gasteiger partial charge in [-0.3, -0.25) is 4.79 Å². The smallest absolute Gasteiger partial charge is 0.311 e. The van der Waals surface area contributed by atoms with Gasteiger partial charge in [0.25, 0.3) is 0 Å². The Bertz CT molecular complexity index is 447. The number of rotatable bonds is 6. The van der Waals surface area contributed by atoms with E-state index in [0.29, 0.717) is 6.42 Å². The van der Waals surface area contributed by atoms with E-state index in [1.54, 1.807) is 0 Å². The van der Waals surface area contributed by atoms with Gasteiger partial charge >= 0.3 is 5.97 Å². The van der Waals surface area contributed by atoms with Crippen LogP contribution in [0.4, 0.5) is 0 Å². The van der Waals surface area contributed by atoms with Crippen LogP contribution in [-0.2, 0) is 15.1 Å². The lowest BCUT2D eigenvalue weighted by molar-refractivity contribution is -0.156. The molecule has 5 heteroatoms. The maximum absolute atomic E-state index is 11.9. The fourth-order valence-corrected chi connectivity index (χ4v) is 2.27. The molecule has 20 heavy (non-hydrogen) atoms. The summed E-state index contributed by atoms with van der Waals surface area (Å²) in [6.07, 6.45) is 2.11. The molecule has 0 saturated carbocycles. The molecule has 2 atom stereocenters. The summed E-state index contributed by atoms with van der Waals surface area (Å²) in [6, 6.07) is 3.84. The monoisotopic (exact) mass is 282 g/mol. The number of carbonyl (C=O) groups excluding carboxylic acids is 1. The number of ether oxygens (including phenoxy) is 1. The molecular weight excluding hydrogens is 260 g/mol. The molecule has 112 valence electrons. The average molecular weight is 282 g/mol. The first-order chi connectivity index (χ1) is 9.32. The third-order valence-corrected chi connectivity index (χ3v) is 3.50. The largest absolute Gasteiger partial charge is 0.508 e. The Kier molecular flexibility index (Phi) is 5.39. The van der Waals surface area contributed by atoms with Gasteiger partial charge in [-0.2, -0.15) is 0 Å². The molecule has 1 rings (SSSR count). The average Bonchev–Trinajstić information content (AvgIpc) is 2.37. The van der Waals surface area contributed by atoms with Gasteiger partial charge in [-0.25, -0.2) is 0 Å². The van der Waals surface area contributed by atoms with Crippen LogP contribution in [-0.4, -0.2) is 28.4 Å². The van der Waals surface area contributed by atoms with Crippen LogP contribution in [0, 0.1) is 5.92 Å². The normalized spacial score (nSPS) is 15.4. The quantitative estimate of drug-likeness (QED) is 0.697. The lowest BCUT2D eigenvalue weighted by atomic mass is 9.80. The maximum Gasteiger partial charge on any atom is 0.311 e. The van der Waals surface area contributed by atoms with E-state index >= 15 is 0 Å². The van der Waals surface area contributed by atoms with Crippen LogP contribution in [0.1, 0.15) is 38.7 Å². The Hall–Kier alpha value is -1.75. The van der Waals surface area contributed by atoms with E-state index in [-0.39, 0.29) is 17.1 Å². The zero-order valence-electron chi connectivity index (χ0n) is 12.1. The molecule has 0 bridgehead atoms. The van der Waals surface area contributed by atoms with Crippen LogP contribution in [0.2, 0.25) is 0 Å². The molecule has 5 nitrogen and oxygen atoms in total. The third-order valence-electron chi connectivity index (χ3n) is 3.50. The van der Waals surface area contributed by atoms with Crippen LogP contribution in [0.15, 0.2) is 18.2 Å². The second-order valence-corrected chi connectivity index (χ2v) is 5.10. The van der Waals surface area contributed by atoms with Crippen molar-refractivity contribution in [2.45, 2.75) is 38.7 Å². The molecule has 0 spiro atoms. The van der Waals surface area contributed by atoms with Crippen molar-refractivity contribution in [3.63, 3.8) is 0 Å². The zero-order valence-corrected chi connectivity index (χ0v) is 12.1. The summed E-state index contributed by atoms with van der Waals surface area (Å²) in [4.78, 5) is 11.9. The van der Waals surface area contributed by atoms with Crippen molar-refractivity contribution in [3.05, 3.63) is 23.8 Å². The SMILES string of the molecule is CCCCC(C(=O)OC)C(C)(O)c1cc(O)cc(O)c1. The van der Waals surface area contributed by atoms with Gasteiger partial charge in [0.15, 0.2) is 0 Å². The molecule has 3 N–H and O–H groups in total. The number of aromatic hydroxyl groups is 2. The number of methoxy groups -OCH3 is 1. The molecule has 0 aliphatic rings. The summed E-state index contributed by atoms with van der Waals surface area (Å²) in [7, 11) is 1.28. The first-order valence-corrected chi connectivity index (χ1v) is 6.66. The van der Waals surface area contributed by atoms with E-state index in [2.05, 4.69) is 0 Å². The molecule has 0 radical (unpaired) electrons. The van der Waals surface area contributed by atoms with Crippen molar-refractivity contribution in [2.75, 3.05) is 7.11 Å². The van der Waals surface area contributed by atoms with E-state index in [1.807, 2.05) is 6.92 Å². The van der Waals surface area contributed by atoms with Crippen LogP contribution in [0.25, 0.3) is 0 Å². The third kappa shape index (κ3) is 3.63. The summed E-state index contributed by atoms with van der Waals surface area (Å²) in [5, 5.41) is 29.7. The summed E-state index contributed by atoms with van der Waals surface area (Å²) in [5.41, 5.74) is -1.25. The number of aliphatic hydroxyl groups is 1. The summed E-state index contributed by atoms with van der Waals surface area (Å²) < 4.78 is 4.75. The van der Waals surface area contributed by atoms with Gasteiger partial charge < -0.3 is 20.1 Å². The molecule has 0 fully saturated rings. The Morgan fingerprint density at radius 1 is 1.30 bits per heavy atom. The summed E-state index contributed by atoms with van der Waals surface area (Å²) >= 11 is 0. The van der Waals surface area contributed by atoms with Gasteiger partial charge in [0.2, 0.25) is 0 Å². The van der Waals surface area contributed by atoms with Gasteiger partial charge in [0.05, 0.1) is 13.0 Å². The lowest BCUT2D eigenvalue weighted by Crippen LogP contribution is -2.38. The number of benzene rings is 1. The Morgan fingerprint density at radius 3 is 2.30 bits per heavy atom. The topological polar surface area (TPSA) is 87.0 Å². The molecule has 0 amide bonds. The summed E-state index contributed by atoms with van der Waals surface area (Å²) in [6.45, 7) is 3.47. The fraction of sp³-hybridized carbons (Fsp3) is 0.533. The second-order valence-electron chi connectivity index (χ2n) is 5.10. The second kappa shape index (κ2) is 6.61. The number of hydrogen-bond acceptors (Lipinski definition) is 5. The van der Waals surface area contributed by atoms with Gasteiger partial charge in [0, 0.05) is 6.07 Å². The van der Waals surface area contributed by atoms with E-state index in [1.165, 1.54) is 32.2 Å². The van der Waals surface area contributed by atoms with Crippen molar-refractivity contribution in [1.82, 2.24) is 0 Å². The van der Waals surface area contributed by atoms with Crippen LogP contribution in [0.5, 0.6) is 11.5 Å². The van der Waals surface area contributed by atoms with E-state index in [9.17, 15) is 20.1 Å². The molecule has 2 unspecified atom stereocenters. The van der Waals surface area contributed by atoms with Crippen LogP contribution in [0.3, 0.4) is 0 Å². The molecule has 1 aromatic rings. The Morgan fingerprint density at radius 2 is 1.85 bits per heavy atom. The highest BCUT2D eigenvalue weighted by Gasteiger charge is 2.39. The minimum absolute atomic E-state index is 0.167. The molecule has 1 aromatic carbocycles. The fourth-order valence-electron chi connectivity index (χ4n) is 2.27. The lowest BCUT2D eigenvalue weighted by Gasteiger charge is -2.31. The number of esters is 1. The Labute approximate surface area is 118 Å². The van der Waals surface area contributed by atoms with Crippen LogP contribution >= 0.6 is 0 Å². The predicted molar refractivity (Wildman–Crippen MR) is 74.4 cm³/mol. The number of carbonyl (C=O) groups is 1. The van der Waals surface area contributed by atoms with Crippen molar-refractivity contribution >= 4 is 5.97 Å². The van der Waals surface area contributed by atoms with Gasteiger partial charge in [0.1, 0.15) is 17.1 Å². The summed E-state index contributed by atoms with van der Waals surface area (Å²) in [5.74, 6) is -1.60. The molecule has 0 saturated heterocycles. The highest BCUT2D eigenvalue weighted by molar-refractivity contribution is 5.74. The number of phenols is 2. The van der Waals surface area contributed by atoms with Crippen molar-refractivity contribution in [2.24, 2.45) is 5.92 Å². The minimum atomic E-state index is -1.53. The number of hydrogen-bond donors (Lipinski definition) is 3. The maximum atomic E-state index is 11.9. The highest BCUT2D eigenvalue weighted by Crippen LogP contribution is 2.36. The van der Waals surface area contributed by atoms with Gasteiger partial charge in [-0.05, 0) is 31.0 Å². The Balaban J connectivity index is 3.16.